The van der Waals surface area contributed by atoms with Gasteiger partial charge in [0, 0.05) is 17.3 Å². The van der Waals surface area contributed by atoms with Crippen LogP contribution in [0.3, 0.4) is 0 Å². The van der Waals surface area contributed by atoms with Gasteiger partial charge < -0.3 is 15.2 Å². The van der Waals surface area contributed by atoms with Gasteiger partial charge in [-0.05, 0) is 13.0 Å². The first-order valence-corrected chi connectivity index (χ1v) is 4.95. The minimum atomic E-state index is -4.36. The SMILES string of the molecule is COc1cc(N)ccc1COC(C)C(F)(F)F. The van der Waals surface area contributed by atoms with Gasteiger partial charge in [-0.2, -0.15) is 13.2 Å². The second-order valence-corrected chi connectivity index (χ2v) is 3.57. The van der Waals surface area contributed by atoms with Crippen LogP contribution in [0.1, 0.15) is 12.5 Å². The van der Waals surface area contributed by atoms with E-state index in [9.17, 15) is 13.2 Å². The van der Waals surface area contributed by atoms with Crippen molar-refractivity contribution in [2.24, 2.45) is 0 Å². The molecule has 0 saturated heterocycles. The van der Waals surface area contributed by atoms with Crippen molar-refractivity contribution in [3.63, 3.8) is 0 Å². The Bertz CT molecular complexity index is 379. The molecule has 0 radical (unpaired) electrons. The highest BCUT2D eigenvalue weighted by atomic mass is 19.4. The molecule has 0 saturated carbocycles. The number of halogens is 3. The predicted molar refractivity (Wildman–Crippen MR) is 57.7 cm³/mol. The van der Waals surface area contributed by atoms with Crippen molar-refractivity contribution in [1.82, 2.24) is 0 Å². The quantitative estimate of drug-likeness (QED) is 0.834. The third kappa shape index (κ3) is 3.81. The molecule has 0 bridgehead atoms. The second kappa shape index (κ2) is 5.27. The third-order valence-corrected chi connectivity index (χ3v) is 2.26. The number of alkyl halides is 3. The maximum atomic E-state index is 12.2. The molecule has 1 unspecified atom stereocenters. The van der Waals surface area contributed by atoms with Crippen LogP contribution >= 0.6 is 0 Å². The van der Waals surface area contributed by atoms with E-state index in [-0.39, 0.29) is 6.61 Å². The molecule has 0 fully saturated rings. The molecule has 1 atom stereocenters. The van der Waals surface area contributed by atoms with Crippen molar-refractivity contribution in [2.75, 3.05) is 12.8 Å². The highest BCUT2D eigenvalue weighted by Gasteiger charge is 2.36. The minimum Gasteiger partial charge on any atom is -0.496 e. The van der Waals surface area contributed by atoms with Gasteiger partial charge in [0.15, 0.2) is 6.10 Å². The lowest BCUT2D eigenvalue weighted by Crippen LogP contribution is -2.28. The summed E-state index contributed by atoms with van der Waals surface area (Å²) in [4.78, 5) is 0. The van der Waals surface area contributed by atoms with Crippen molar-refractivity contribution in [3.8, 4) is 5.75 Å². The van der Waals surface area contributed by atoms with E-state index in [0.29, 0.717) is 17.0 Å². The number of methoxy groups -OCH3 is 1. The monoisotopic (exact) mass is 249 g/mol. The van der Waals surface area contributed by atoms with Crippen LogP contribution in [-0.2, 0) is 11.3 Å². The lowest BCUT2D eigenvalue weighted by Gasteiger charge is -2.17. The molecule has 3 nitrogen and oxygen atoms in total. The molecule has 0 spiro atoms. The molecule has 0 amide bonds. The van der Waals surface area contributed by atoms with Crippen molar-refractivity contribution in [2.45, 2.75) is 25.8 Å². The van der Waals surface area contributed by atoms with Crippen LogP contribution in [0.25, 0.3) is 0 Å². The summed E-state index contributed by atoms with van der Waals surface area (Å²) in [7, 11) is 1.42. The Kier molecular flexibility index (Phi) is 4.22. The Balaban J connectivity index is 2.69. The van der Waals surface area contributed by atoms with Gasteiger partial charge in [0.05, 0.1) is 13.7 Å². The standard InChI is InChI=1S/C11H14F3NO2/c1-7(11(12,13)14)17-6-8-3-4-9(15)5-10(8)16-2/h3-5,7H,6,15H2,1-2H3. The van der Waals surface area contributed by atoms with Crippen LogP contribution in [0.4, 0.5) is 18.9 Å². The highest BCUT2D eigenvalue weighted by Crippen LogP contribution is 2.26. The number of ether oxygens (including phenoxy) is 2. The summed E-state index contributed by atoms with van der Waals surface area (Å²) >= 11 is 0. The van der Waals surface area contributed by atoms with Gasteiger partial charge in [-0.1, -0.05) is 6.07 Å². The number of benzene rings is 1. The largest absolute Gasteiger partial charge is 0.496 e. The number of nitrogen functional groups attached to an aromatic ring is 1. The fourth-order valence-corrected chi connectivity index (χ4v) is 1.19. The average Bonchev–Trinajstić information content (AvgIpc) is 2.25. The first-order valence-electron chi connectivity index (χ1n) is 4.95. The van der Waals surface area contributed by atoms with Gasteiger partial charge >= 0.3 is 6.18 Å². The Labute approximate surface area is 97.3 Å². The first kappa shape index (κ1) is 13.6. The maximum Gasteiger partial charge on any atom is 0.414 e. The van der Waals surface area contributed by atoms with Crippen LogP contribution in [0.2, 0.25) is 0 Å². The van der Waals surface area contributed by atoms with E-state index in [4.69, 9.17) is 15.2 Å². The van der Waals surface area contributed by atoms with Crippen molar-refractivity contribution >= 4 is 5.69 Å². The molecule has 0 aliphatic rings. The van der Waals surface area contributed by atoms with Crippen LogP contribution in [-0.4, -0.2) is 19.4 Å². The zero-order valence-electron chi connectivity index (χ0n) is 9.54. The van der Waals surface area contributed by atoms with Gasteiger partial charge in [0.25, 0.3) is 0 Å². The third-order valence-electron chi connectivity index (χ3n) is 2.26. The summed E-state index contributed by atoms with van der Waals surface area (Å²) in [6.07, 6.45) is -6.18. The molecular weight excluding hydrogens is 235 g/mol. The first-order chi connectivity index (χ1) is 7.84. The number of hydrogen-bond donors (Lipinski definition) is 1. The molecular formula is C11H14F3NO2. The average molecular weight is 249 g/mol. The Morgan fingerprint density at radius 2 is 2.00 bits per heavy atom. The zero-order chi connectivity index (χ0) is 13.1. The summed E-state index contributed by atoms with van der Waals surface area (Å²) in [5.74, 6) is 0.416. The second-order valence-electron chi connectivity index (χ2n) is 3.57. The number of hydrogen-bond acceptors (Lipinski definition) is 3. The number of rotatable bonds is 4. The molecule has 6 heteroatoms. The molecule has 0 aromatic heterocycles. The van der Waals surface area contributed by atoms with E-state index in [1.54, 1.807) is 12.1 Å². The summed E-state index contributed by atoms with van der Waals surface area (Å²) in [5, 5.41) is 0. The van der Waals surface area contributed by atoms with Gasteiger partial charge in [0.2, 0.25) is 0 Å². The predicted octanol–water partition coefficient (Wildman–Crippen LogP) is 2.74. The Morgan fingerprint density at radius 3 is 2.53 bits per heavy atom. The minimum absolute atomic E-state index is 0.176. The van der Waals surface area contributed by atoms with Gasteiger partial charge in [-0.25, -0.2) is 0 Å². The van der Waals surface area contributed by atoms with Crippen LogP contribution in [0, 0.1) is 0 Å². The van der Waals surface area contributed by atoms with Crippen molar-refractivity contribution in [1.29, 1.82) is 0 Å². The van der Waals surface area contributed by atoms with E-state index in [1.165, 1.54) is 13.2 Å². The zero-order valence-corrected chi connectivity index (χ0v) is 9.54. The Hall–Kier alpha value is -1.43. The molecule has 0 aliphatic heterocycles. The fraction of sp³-hybridized carbons (Fsp3) is 0.455. The highest BCUT2D eigenvalue weighted by molar-refractivity contribution is 5.48. The lowest BCUT2D eigenvalue weighted by atomic mass is 10.2. The molecule has 0 aliphatic carbocycles. The van der Waals surface area contributed by atoms with E-state index in [0.717, 1.165) is 6.92 Å². The van der Waals surface area contributed by atoms with E-state index in [2.05, 4.69) is 0 Å². The van der Waals surface area contributed by atoms with E-state index in [1.807, 2.05) is 0 Å². The van der Waals surface area contributed by atoms with Crippen LogP contribution < -0.4 is 10.5 Å². The molecule has 17 heavy (non-hydrogen) atoms. The summed E-state index contributed by atoms with van der Waals surface area (Å²) in [5.41, 5.74) is 6.53. The molecule has 1 aromatic carbocycles. The molecule has 2 N–H and O–H groups in total. The normalized spacial score (nSPS) is 13.5. The van der Waals surface area contributed by atoms with Gasteiger partial charge in [-0.3, -0.25) is 0 Å². The summed E-state index contributed by atoms with van der Waals surface area (Å²) in [6, 6.07) is 4.70. The summed E-state index contributed by atoms with van der Waals surface area (Å²) < 4.78 is 46.4. The topological polar surface area (TPSA) is 44.5 Å². The van der Waals surface area contributed by atoms with Gasteiger partial charge in [0.1, 0.15) is 5.75 Å². The maximum absolute atomic E-state index is 12.2. The van der Waals surface area contributed by atoms with Crippen LogP contribution in [0.5, 0.6) is 5.75 Å². The molecule has 1 aromatic rings. The molecule has 1 rings (SSSR count). The number of anilines is 1. The number of nitrogens with two attached hydrogens (primary N) is 1. The fourth-order valence-electron chi connectivity index (χ4n) is 1.19. The van der Waals surface area contributed by atoms with Gasteiger partial charge in [-0.15, -0.1) is 0 Å². The van der Waals surface area contributed by atoms with E-state index >= 15 is 0 Å². The summed E-state index contributed by atoms with van der Waals surface area (Å²) in [6.45, 7) is 0.786. The lowest BCUT2D eigenvalue weighted by molar-refractivity contribution is -0.217. The Morgan fingerprint density at radius 1 is 1.35 bits per heavy atom. The van der Waals surface area contributed by atoms with Crippen molar-refractivity contribution in [3.05, 3.63) is 23.8 Å². The molecule has 96 valence electrons. The van der Waals surface area contributed by atoms with E-state index < -0.39 is 12.3 Å². The molecule has 0 heterocycles. The smallest absolute Gasteiger partial charge is 0.414 e. The van der Waals surface area contributed by atoms with Crippen LogP contribution in [0.15, 0.2) is 18.2 Å². The van der Waals surface area contributed by atoms with Crippen molar-refractivity contribution < 1.29 is 22.6 Å².